The van der Waals surface area contributed by atoms with Gasteiger partial charge in [-0.05, 0) is 47.6 Å². The minimum Gasteiger partial charge on any atom is -0.374 e. The average molecular weight is 542 g/mol. The lowest BCUT2D eigenvalue weighted by Gasteiger charge is -2.20. The van der Waals surface area contributed by atoms with Crippen molar-refractivity contribution in [2.75, 3.05) is 0 Å². The molecule has 0 aliphatic carbocycles. The maximum absolute atomic E-state index is 13.0. The molecular weight excluding hydrogens is 515 g/mol. The summed E-state index contributed by atoms with van der Waals surface area (Å²) in [4.78, 5) is 9.04. The molecule has 0 N–H and O–H groups in total. The number of fused-ring (bicyclic) bond motifs is 6. The number of imidazole rings is 1. The van der Waals surface area contributed by atoms with Gasteiger partial charge < -0.3 is 4.18 Å². The molecule has 0 bridgehead atoms. The Morgan fingerprint density at radius 3 is 2.16 bits per heavy atom. The lowest BCUT2D eigenvalue weighted by atomic mass is 9.87. The molecule has 2 aromatic carbocycles. The number of alkyl halides is 3. The Balaban J connectivity index is 1.91. The number of hydrogen-bond acceptors (Lipinski definition) is 5. The fraction of sp³-hybridized carbons (Fsp3) is 0.286. The van der Waals surface area contributed by atoms with Crippen LogP contribution in [0, 0.1) is 6.92 Å². The van der Waals surface area contributed by atoms with Gasteiger partial charge in [0.15, 0.2) is 5.75 Å². The number of benzene rings is 2. The molecule has 3 heterocycles. The third kappa shape index (κ3) is 4.07. The highest BCUT2D eigenvalue weighted by Crippen LogP contribution is 2.40. The fourth-order valence-corrected chi connectivity index (χ4v) is 5.43. The van der Waals surface area contributed by atoms with E-state index in [0.717, 1.165) is 45.0 Å². The summed E-state index contributed by atoms with van der Waals surface area (Å²) in [6, 6.07) is 13.3. The molecule has 198 valence electrons. The smallest absolute Gasteiger partial charge is 0.374 e. The van der Waals surface area contributed by atoms with E-state index >= 15 is 0 Å². The van der Waals surface area contributed by atoms with Crippen LogP contribution in [0.5, 0.6) is 5.75 Å². The van der Waals surface area contributed by atoms with Crippen molar-refractivity contribution in [3.63, 3.8) is 0 Å². The Kier molecular flexibility index (Phi) is 6.13. The van der Waals surface area contributed by atoms with Crippen molar-refractivity contribution in [2.45, 2.75) is 52.0 Å². The molecule has 0 saturated carbocycles. The molecule has 6 nitrogen and oxygen atoms in total. The van der Waals surface area contributed by atoms with Gasteiger partial charge in [-0.25, -0.2) is 4.98 Å². The van der Waals surface area contributed by atoms with Crippen molar-refractivity contribution < 1.29 is 25.8 Å². The molecule has 5 rings (SSSR count). The van der Waals surface area contributed by atoms with Gasteiger partial charge in [0.25, 0.3) is 0 Å². The first kappa shape index (κ1) is 26.0. The van der Waals surface area contributed by atoms with Crippen LogP contribution in [-0.2, 0) is 10.1 Å². The van der Waals surface area contributed by atoms with Crippen LogP contribution in [0.15, 0.2) is 54.9 Å². The van der Waals surface area contributed by atoms with Gasteiger partial charge in [0.2, 0.25) is 0 Å². The van der Waals surface area contributed by atoms with Gasteiger partial charge in [0.05, 0.1) is 29.1 Å². The first-order chi connectivity index (χ1) is 17.8. The van der Waals surface area contributed by atoms with Crippen molar-refractivity contribution in [2.24, 2.45) is 0 Å². The van der Waals surface area contributed by atoms with Crippen LogP contribution >= 0.6 is 0 Å². The molecule has 0 spiro atoms. The quantitative estimate of drug-likeness (QED) is 0.131. The van der Waals surface area contributed by atoms with Crippen molar-refractivity contribution >= 4 is 37.6 Å². The summed E-state index contributed by atoms with van der Waals surface area (Å²) < 4.78 is 68.7. The molecule has 0 aliphatic heterocycles. The maximum Gasteiger partial charge on any atom is 0.534 e. The van der Waals surface area contributed by atoms with Crippen LogP contribution in [0.1, 0.15) is 56.2 Å². The Morgan fingerprint density at radius 1 is 0.921 bits per heavy atom. The Labute approximate surface area is 218 Å². The largest absolute Gasteiger partial charge is 0.534 e. The van der Waals surface area contributed by atoms with E-state index in [4.69, 9.17) is 0 Å². The van der Waals surface area contributed by atoms with Crippen molar-refractivity contribution in [3.05, 3.63) is 71.5 Å². The molecule has 0 radical (unpaired) electrons. The highest BCUT2D eigenvalue weighted by Gasteiger charge is 2.48. The highest BCUT2D eigenvalue weighted by atomic mass is 32.2. The van der Waals surface area contributed by atoms with E-state index < -0.39 is 21.4 Å². The van der Waals surface area contributed by atoms with Crippen LogP contribution in [0.4, 0.5) is 13.2 Å². The second-order valence-electron chi connectivity index (χ2n) is 9.94. The number of rotatable bonds is 5. The lowest BCUT2D eigenvalue weighted by molar-refractivity contribution is -0.0500. The van der Waals surface area contributed by atoms with Crippen LogP contribution in [-0.4, -0.2) is 28.3 Å². The predicted molar refractivity (Wildman–Crippen MR) is 142 cm³/mol. The first-order valence-electron chi connectivity index (χ1n) is 12.1. The summed E-state index contributed by atoms with van der Waals surface area (Å²) in [5, 5.41) is 1.16. The standard InChI is InChI=1S/C28H26F3N3O3S/c1-15(2)19-9-7-10-20(16(3)4)25(19)23-14-33-27-21-12-18(37-38(35,36)28(29,30)31)13-32-26(21)24-17(5)8-6-11-22(24)34(23)27/h6-16H,1-5H3. The van der Waals surface area contributed by atoms with Crippen molar-refractivity contribution in [1.82, 2.24) is 14.4 Å². The third-order valence-electron chi connectivity index (χ3n) is 6.71. The van der Waals surface area contributed by atoms with E-state index in [-0.39, 0.29) is 11.8 Å². The lowest BCUT2D eigenvalue weighted by Crippen LogP contribution is -2.28. The van der Waals surface area contributed by atoms with Crippen LogP contribution < -0.4 is 4.18 Å². The van der Waals surface area contributed by atoms with Gasteiger partial charge in [-0.1, -0.05) is 58.0 Å². The highest BCUT2D eigenvalue weighted by molar-refractivity contribution is 7.88. The molecular formula is C28H26F3N3O3S. The first-order valence-corrected chi connectivity index (χ1v) is 13.5. The minimum absolute atomic E-state index is 0.219. The summed E-state index contributed by atoms with van der Waals surface area (Å²) in [6.45, 7) is 10.4. The Bertz CT molecular complexity index is 1800. The number of hydrogen-bond donors (Lipinski definition) is 0. The van der Waals surface area contributed by atoms with Crippen molar-refractivity contribution in [3.8, 4) is 17.0 Å². The number of aromatic nitrogens is 3. The van der Waals surface area contributed by atoms with Crippen LogP contribution in [0.3, 0.4) is 0 Å². The topological polar surface area (TPSA) is 73.6 Å². The second kappa shape index (κ2) is 8.97. The normalized spacial score (nSPS) is 12.9. The van der Waals surface area contributed by atoms with Gasteiger partial charge in [0.1, 0.15) is 5.65 Å². The SMILES string of the molecule is Cc1cccc2c1c1ncc(OS(=O)(=O)C(F)(F)F)cc1c1ncc(-c3c(C(C)C)cccc3C(C)C)n21. The number of nitrogens with zero attached hydrogens (tertiary/aromatic N) is 3. The maximum atomic E-state index is 13.0. The molecule has 0 atom stereocenters. The molecule has 0 amide bonds. The van der Waals surface area contributed by atoms with E-state index in [1.165, 1.54) is 6.07 Å². The summed E-state index contributed by atoms with van der Waals surface area (Å²) in [5.74, 6) is -0.103. The van der Waals surface area contributed by atoms with E-state index in [0.29, 0.717) is 16.6 Å². The van der Waals surface area contributed by atoms with E-state index in [9.17, 15) is 21.6 Å². The average Bonchev–Trinajstić information content (AvgIpc) is 3.28. The molecule has 10 heteroatoms. The zero-order valence-corrected chi connectivity index (χ0v) is 22.3. The minimum atomic E-state index is -5.86. The molecule has 0 aliphatic rings. The number of pyridine rings is 2. The summed E-state index contributed by atoms with van der Waals surface area (Å²) >= 11 is 0. The van der Waals surface area contributed by atoms with Crippen molar-refractivity contribution in [1.29, 1.82) is 0 Å². The molecule has 5 aromatic rings. The van der Waals surface area contributed by atoms with Gasteiger partial charge in [0, 0.05) is 16.3 Å². The van der Waals surface area contributed by atoms with E-state index in [2.05, 4.69) is 54.0 Å². The van der Waals surface area contributed by atoms with Gasteiger partial charge >= 0.3 is 15.6 Å². The Hall–Kier alpha value is -3.66. The van der Waals surface area contributed by atoms with Gasteiger partial charge in [-0.2, -0.15) is 21.6 Å². The Morgan fingerprint density at radius 2 is 1.55 bits per heavy atom. The number of halogens is 3. The zero-order chi connectivity index (χ0) is 27.6. The molecule has 0 unspecified atom stereocenters. The van der Waals surface area contributed by atoms with E-state index in [1.54, 1.807) is 6.20 Å². The molecule has 3 aromatic heterocycles. The second-order valence-corrected chi connectivity index (χ2v) is 11.5. The fourth-order valence-electron chi connectivity index (χ4n) is 4.99. The van der Waals surface area contributed by atoms with E-state index in [1.807, 2.05) is 35.6 Å². The summed E-state index contributed by atoms with van der Waals surface area (Å²) in [6.07, 6.45) is 2.74. The summed E-state index contributed by atoms with van der Waals surface area (Å²) in [5.41, 5.74) is 1.26. The third-order valence-corrected chi connectivity index (χ3v) is 7.69. The number of aryl methyl sites for hydroxylation is 1. The molecule has 0 fully saturated rings. The zero-order valence-electron chi connectivity index (χ0n) is 21.5. The molecule has 0 saturated heterocycles. The predicted octanol–water partition coefficient (Wildman–Crippen LogP) is 7.49. The van der Waals surface area contributed by atoms with Crippen LogP contribution in [0.25, 0.3) is 38.7 Å². The summed E-state index contributed by atoms with van der Waals surface area (Å²) in [7, 11) is -5.86. The van der Waals surface area contributed by atoms with Gasteiger partial charge in [-0.3, -0.25) is 9.38 Å². The molecule has 38 heavy (non-hydrogen) atoms. The van der Waals surface area contributed by atoms with Gasteiger partial charge in [-0.15, -0.1) is 0 Å². The van der Waals surface area contributed by atoms with Crippen LogP contribution in [0.2, 0.25) is 0 Å². The monoisotopic (exact) mass is 541 g/mol.